The summed E-state index contributed by atoms with van der Waals surface area (Å²) in [4.78, 5) is 41.4. The normalized spacial score (nSPS) is 13.7. The Morgan fingerprint density at radius 2 is 1.79 bits per heavy atom. The maximum Gasteiger partial charge on any atom is 0.276 e. The Labute approximate surface area is 197 Å². The van der Waals surface area contributed by atoms with Crippen LogP contribution < -0.4 is 10.9 Å². The van der Waals surface area contributed by atoms with Crippen LogP contribution in [0.3, 0.4) is 0 Å². The van der Waals surface area contributed by atoms with E-state index >= 15 is 0 Å². The van der Waals surface area contributed by atoms with Gasteiger partial charge in [0, 0.05) is 30.6 Å². The second-order valence-electron chi connectivity index (χ2n) is 8.21. The molecule has 0 radical (unpaired) electrons. The smallest absolute Gasteiger partial charge is 0.276 e. The molecule has 8 heteroatoms. The molecule has 0 atom stereocenters. The zero-order chi connectivity index (χ0) is 23.4. The molecule has 1 aliphatic rings. The number of aryl methyl sites for hydroxylation is 1. The molecule has 3 aromatic rings. The van der Waals surface area contributed by atoms with Gasteiger partial charge in [-0.05, 0) is 49.8 Å². The molecule has 1 aliphatic heterocycles. The van der Waals surface area contributed by atoms with Crippen LogP contribution in [0.4, 0.5) is 5.00 Å². The van der Waals surface area contributed by atoms with E-state index in [9.17, 15) is 14.4 Å². The monoisotopic (exact) mass is 464 g/mol. The SMILES string of the molecule is CCCn1nc(C(=O)Nc2sc(-c3ccccc3)c(C)c2C(=O)N2CCCCC2)ccc1=O. The largest absolute Gasteiger partial charge is 0.339 e. The Balaban J connectivity index is 1.72. The maximum absolute atomic E-state index is 13.5. The maximum atomic E-state index is 13.5. The van der Waals surface area contributed by atoms with Gasteiger partial charge in [-0.2, -0.15) is 5.10 Å². The minimum atomic E-state index is -0.437. The number of likely N-dealkylation sites (tertiary alicyclic amines) is 1. The predicted molar refractivity (Wildman–Crippen MR) is 131 cm³/mol. The molecule has 1 N–H and O–H groups in total. The minimum Gasteiger partial charge on any atom is -0.339 e. The highest BCUT2D eigenvalue weighted by atomic mass is 32.1. The number of hydrogen-bond donors (Lipinski definition) is 1. The highest BCUT2D eigenvalue weighted by Gasteiger charge is 2.28. The van der Waals surface area contributed by atoms with Gasteiger partial charge in [0.05, 0.1) is 5.56 Å². The van der Waals surface area contributed by atoms with E-state index in [1.54, 1.807) is 0 Å². The molecule has 2 aromatic heterocycles. The molecular formula is C25H28N4O3S. The van der Waals surface area contributed by atoms with Crippen LogP contribution in [-0.4, -0.2) is 39.6 Å². The predicted octanol–water partition coefficient (Wildman–Crippen LogP) is 4.57. The van der Waals surface area contributed by atoms with Crippen LogP contribution in [0.15, 0.2) is 47.3 Å². The van der Waals surface area contributed by atoms with Crippen LogP contribution in [0.25, 0.3) is 10.4 Å². The molecule has 0 spiro atoms. The molecule has 2 amide bonds. The first-order chi connectivity index (χ1) is 16.0. The number of thiophene rings is 1. The average Bonchev–Trinajstić information content (AvgIpc) is 3.16. The van der Waals surface area contributed by atoms with Crippen LogP contribution in [0.2, 0.25) is 0 Å². The minimum absolute atomic E-state index is 0.0511. The van der Waals surface area contributed by atoms with Crippen molar-refractivity contribution in [3.63, 3.8) is 0 Å². The summed E-state index contributed by atoms with van der Waals surface area (Å²) in [7, 11) is 0. The summed E-state index contributed by atoms with van der Waals surface area (Å²) >= 11 is 1.40. The quantitative estimate of drug-likeness (QED) is 0.579. The van der Waals surface area contributed by atoms with Crippen molar-refractivity contribution in [3.05, 3.63) is 69.6 Å². The van der Waals surface area contributed by atoms with Crippen LogP contribution in [0.5, 0.6) is 0 Å². The number of nitrogens with one attached hydrogen (secondary N) is 1. The van der Waals surface area contributed by atoms with Crippen LogP contribution in [0, 0.1) is 6.92 Å². The first kappa shape index (κ1) is 22.9. The summed E-state index contributed by atoms with van der Waals surface area (Å²) in [6.07, 6.45) is 3.84. The summed E-state index contributed by atoms with van der Waals surface area (Å²) in [6, 6.07) is 12.6. The number of anilines is 1. The highest BCUT2D eigenvalue weighted by Crippen LogP contribution is 2.40. The summed E-state index contributed by atoms with van der Waals surface area (Å²) < 4.78 is 1.30. The van der Waals surface area contributed by atoms with Crippen molar-refractivity contribution in [1.29, 1.82) is 0 Å². The molecule has 4 rings (SSSR count). The van der Waals surface area contributed by atoms with Gasteiger partial charge in [-0.3, -0.25) is 14.4 Å². The summed E-state index contributed by atoms with van der Waals surface area (Å²) in [5, 5.41) is 7.65. The third-order valence-electron chi connectivity index (χ3n) is 5.80. The van der Waals surface area contributed by atoms with Gasteiger partial charge in [-0.25, -0.2) is 4.68 Å². The van der Waals surface area contributed by atoms with Crippen molar-refractivity contribution in [2.45, 2.75) is 46.1 Å². The molecule has 0 saturated carbocycles. The number of amides is 2. The van der Waals surface area contributed by atoms with Gasteiger partial charge in [0.2, 0.25) is 0 Å². The number of carbonyl (C=O) groups excluding carboxylic acids is 2. The second-order valence-corrected chi connectivity index (χ2v) is 9.23. The summed E-state index contributed by atoms with van der Waals surface area (Å²) in [5.41, 5.74) is 2.30. The topological polar surface area (TPSA) is 84.3 Å². The van der Waals surface area contributed by atoms with E-state index in [0.29, 0.717) is 17.1 Å². The van der Waals surface area contributed by atoms with Gasteiger partial charge in [0.15, 0.2) is 0 Å². The van der Waals surface area contributed by atoms with Gasteiger partial charge in [-0.1, -0.05) is 37.3 Å². The highest BCUT2D eigenvalue weighted by molar-refractivity contribution is 7.20. The fourth-order valence-electron chi connectivity index (χ4n) is 4.09. The Bertz CT molecular complexity index is 1210. The third-order valence-corrected chi connectivity index (χ3v) is 7.06. The van der Waals surface area contributed by atoms with Gasteiger partial charge in [-0.15, -0.1) is 11.3 Å². The van der Waals surface area contributed by atoms with Crippen molar-refractivity contribution in [2.75, 3.05) is 18.4 Å². The number of hydrogen-bond acceptors (Lipinski definition) is 5. The molecular weight excluding hydrogens is 436 g/mol. The van der Waals surface area contributed by atoms with Gasteiger partial charge in [0.25, 0.3) is 17.4 Å². The van der Waals surface area contributed by atoms with Crippen LogP contribution in [-0.2, 0) is 6.54 Å². The summed E-state index contributed by atoms with van der Waals surface area (Å²) in [6.45, 7) is 5.77. The van der Waals surface area contributed by atoms with Crippen LogP contribution in [0.1, 0.15) is 59.0 Å². The van der Waals surface area contributed by atoms with Gasteiger partial charge in [0.1, 0.15) is 10.7 Å². The Morgan fingerprint density at radius 1 is 1.06 bits per heavy atom. The molecule has 1 saturated heterocycles. The molecule has 0 bridgehead atoms. The lowest BCUT2D eigenvalue weighted by atomic mass is 10.0. The average molecular weight is 465 g/mol. The first-order valence-corrected chi connectivity index (χ1v) is 12.2. The molecule has 1 fully saturated rings. The van der Waals surface area contributed by atoms with Gasteiger partial charge < -0.3 is 10.2 Å². The van der Waals surface area contributed by atoms with Gasteiger partial charge >= 0.3 is 0 Å². The molecule has 1 aromatic carbocycles. The number of aromatic nitrogens is 2. The standard InChI is InChI=1S/C25H28N4O3S/c1-3-14-29-20(30)13-12-19(27-29)23(31)26-24-21(25(32)28-15-8-5-9-16-28)17(2)22(33-24)18-10-6-4-7-11-18/h4,6-7,10-13H,3,5,8-9,14-16H2,1-2H3,(H,26,31). The molecule has 172 valence electrons. The Hall–Kier alpha value is -3.26. The lowest BCUT2D eigenvalue weighted by Crippen LogP contribution is -2.36. The first-order valence-electron chi connectivity index (χ1n) is 11.4. The van der Waals surface area contributed by atoms with E-state index in [1.807, 2.05) is 49.1 Å². The lowest BCUT2D eigenvalue weighted by molar-refractivity contribution is 0.0725. The zero-order valence-electron chi connectivity index (χ0n) is 19.0. The van der Waals surface area contributed by atoms with Crippen molar-refractivity contribution in [2.24, 2.45) is 0 Å². The van der Waals surface area contributed by atoms with Crippen molar-refractivity contribution < 1.29 is 9.59 Å². The number of carbonyl (C=O) groups is 2. The number of rotatable bonds is 6. The fraction of sp³-hybridized carbons (Fsp3) is 0.360. The van der Waals surface area contributed by atoms with Crippen molar-refractivity contribution in [3.8, 4) is 10.4 Å². The Kier molecular flexibility index (Phi) is 7.03. The van der Waals surface area contributed by atoms with E-state index in [4.69, 9.17) is 0 Å². The van der Waals surface area contributed by atoms with E-state index in [0.717, 1.165) is 54.8 Å². The van der Waals surface area contributed by atoms with Crippen LogP contribution >= 0.6 is 11.3 Å². The molecule has 7 nitrogen and oxygen atoms in total. The zero-order valence-corrected chi connectivity index (χ0v) is 19.8. The Morgan fingerprint density at radius 3 is 2.48 bits per heavy atom. The number of benzene rings is 1. The van der Waals surface area contributed by atoms with E-state index < -0.39 is 5.91 Å². The second kappa shape index (κ2) is 10.1. The molecule has 0 unspecified atom stereocenters. The fourth-order valence-corrected chi connectivity index (χ4v) is 5.29. The van der Waals surface area contributed by atoms with E-state index in [2.05, 4.69) is 10.4 Å². The van der Waals surface area contributed by atoms with E-state index in [-0.39, 0.29) is 17.2 Å². The molecule has 3 heterocycles. The number of piperidine rings is 1. The van der Waals surface area contributed by atoms with Crippen molar-refractivity contribution in [1.82, 2.24) is 14.7 Å². The number of nitrogens with zero attached hydrogens (tertiary/aromatic N) is 3. The lowest BCUT2D eigenvalue weighted by Gasteiger charge is -2.27. The van der Waals surface area contributed by atoms with E-state index in [1.165, 1.54) is 28.2 Å². The van der Waals surface area contributed by atoms with Crippen molar-refractivity contribution >= 4 is 28.2 Å². The summed E-state index contributed by atoms with van der Waals surface area (Å²) in [5.74, 6) is -0.488. The molecule has 33 heavy (non-hydrogen) atoms. The third kappa shape index (κ3) is 4.90. The molecule has 0 aliphatic carbocycles.